The summed E-state index contributed by atoms with van der Waals surface area (Å²) in [7, 11) is 0. The van der Waals surface area contributed by atoms with E-state index in [-0.39, 0.29) is 0 Å². The Hall–Kier alpha value is -0.800. The van der Waals surface area contributed by atoms with Crippen LogP contribution < -0.4 is 0 Å². The molecule has 0 fully saturated rings. The molecule has 0 amide bonds. The van der Waals surface area contributed by atoms with Crippen molar-refractivity contribution in [1.29, 1.82) is 0 Å². The van der Waals surface area contributed by atoms with E-state index < -0.39 is 0 Å². The van der Waals surface area contributed by atoms with Crippen molar-refractivity contribution in [2.24, 2.45) is 0 Å². The Morgan fingerprint density at radius 1 is 1.43 bits per heavy atom. The van der Waals surface area contributed by atoms with Gasteiger partial charge in [0.1, 0.15) is 0 Å². The molecule has 1 aromatic heterocycles. The SMILES string of the molecule is Cc1cnn(-c2ccc(Br)c(Cl)c2)c1. The third kappa shape index (κ3) is 1.83. The number of rotatable bonds is 1. The maximum absolute atomic E-state index is 5.98. The predicted molar refractivity (Wildman–Crippen MR) is 61.0 cm³/mol. The van der Waals surface area contributed by atoms with Crippen molar-refractivity contribution in [1.82, 2.24) is 9.78 Å². The van der Waals surface area contributed by atoms with Crippen LogP contribution in [0, 0.1) is 6.92 Å². The first-order valence-corrected chi connectivity index (χ1v) is 5.30. The number of hydrogen-bond acceptors (Lipinski definition) is 1. The van der Waals surface area contributed by atoms with Crippen molar-refractivity contribution in [2.75, 3.05) is 0 Å². The molecule has 0 spiro atoms. The van der Waals surface area contributed by atoms with Crippen LogP contribution in [-0.2, 0) is 0 Å². The van der Waals surface area contributed by atoms with E-state index in [1.54, 1.807) is 4.68 Å². The lowest BCUT2D eigenvalue weighted by atomic mass is 10.3. The topological polar surface area (TPSA) is 17.8 Å². The van der Waals surface area contributed by atoms with Gasteiger partial charge in [0.05, 0.1) is 16.9 Å². The average Bonchev–Trinajstić information content (AvgIpc) is 2.57. The van der Waals surface area contributed by atoms with Gasteiger partial charge in [0.25, 0.3) is 0 Å². The monoisotopic (exact) mass is 270 g/mol. The first-order valence-electron chi connectivity index (χ1n) is 4.13. The summed E-state index contributed by atoms with van der Waals surface area (Å²) >= 11 is 9.33. The van der Waals surface area contributed by atoms with Crippen LogP contribution in [-0.4, -0.2) is 9.78 Å². The van der Waals surface area contributed by atoms with Crippen molar-refractivity contribution in [2.45, 2.75) is 6.92 Å². The minimum atomic E-state index is 0.690. The van der Waals surface area contributed by atoms with E-state index in [0.717, 1.165) is 15.7 Å². The first kappa shape index (κ1) is 9.74. The highest BCUT2D eigenvalue weighted by atomic mass is 79.9. The highest BCUT2D eigenvalue weighted by molar-refractivity contribution is 9.10. The molecule has 0 aliphatic carbocycles. The fourth-order valence-corrected chi connectivity index (χ4v) is 1.60. The van der Waals surface area contributed by atoms with Crippen molar-refractivity contribution in [3.63, 3.8) is 0 Å². The van der Waals surface area contributed by atoms with Gasteiger partial charge in [-0.05, 0) is 46.6 Å². The summed E-state index contributed by atoms with van der Waals surface area (Å²) in [5.74, 6) is 0. The molecule has 72 valence electrons. The zero-order valence-corrected chi connectivity index (χ0v) is 9.88. The van der Waals surface area contributed by atoms with E-state index in [1.807, 2.05) is 37.5 Å². The molecule has 1 aromatic carbocycles. The molecule has 0 aliphatic heterocycles. The molecule has 2 rings (SSSR count). The fraction of sp³-hybridized carbons (Fsp3) is 0.100. The summed E-state index contributed by atoms with van der Waals surface area (Å²) in [6.45, 7) is 2.00. The number of nitrogens with zero attached hydrogens (tertiary/aromatic N) is 2. The summed E-state index contributed by atoms with van der Waals surface area (Å²) in [5, 5.41) is 4.89. The highest BCUT2D eigenvalue weighted by Gasteiger charge is 2.01. The molecule has 0 radical (unpaired) electrons. The lowest BCUT2D eigenvalue weighted by molar-refractivity contribution is 0.880. The molecule has 2 aromatic rings. The van der Waals surface area contributed by atoms with E-state index in [1.165, 1.54) is 0 Å². The highest BCUT2D eigenvalue weighted by Crippen LogP contribution is 2.24. The third-order valence-electron chi connectivity index (χ3n) is 1.88. The molecule has 0 saturated carbocycles. The van der Waals surface area contributed by atoms with Crippen molar-refractivity contribution in [3.05, 3.63) is 45.7 Å². The summed E-state index contributed by atoms with van der Waals surface area (Å²) in [6, 6.07) is 5.75. The van der Waals surface area contributed by atoms with Gasteiger partial charge in [0.2, 0.25) is 0 Å². The van der Waals surface area contributed by atoms with Gasteiger partial charge in [-0.1, -0.05) is 11.6 Å². The molecule has 0 saturated heterocycles. The number of aromatic nitrogens is 2. The van der Waals surface area contributed by atoms with Gasteiger partial charge in [0.15, 0.2) is 0 Å². The molecule has 0 atom stereocenters. The Labute approximate surface area is 95.6 Å². The van der Waals surface area contributed by atoms with Gasteiger partial charge < -0.3 is 0 Å². The van der Waals surface area contributed by atoms with Crippen LogP contribution in [0.4, 0.5) is 0 Å². The zero-order chi connectivity index (χ0) is 10.1. The second-order valence-electron chi connectivity index (χ2n) is 3.06. The quantitative estimate of drug-likeness (QED) is 0.775. The molecular formula is C10H8BrClN2. The van der Waals surface area contributed by atoms with Crippen molar-refractivity contribution in [3.8, 4) is 5.69 Å². The number of halogens is 2. The number of benzene rings is 1. The first-order chi connectivity index (χ1) is 6.66. The van der Waals surface area contributed by atoms with Crippen LogP contribution in [0.25, 0.3) is 5.69 Å². The van der Waals surface area contributed by atoms with E-state index in [0.29, 0.717) is 5.02 Å². The van der Waals surface area contributed by atoms with E-state index in [4.69, 9.17) is 11.6 Å². The van der Waals surface area contributed by atoms with Crippen LogP contribution in [0.5, 0.6) is 0 Å². The van der Waals surface area contributed by atoms with Gasteiger partial charge in [0, 0.05) is 10.7 Å². The molecule has 0 aliphatic rings. The maximum atomic E-state index is 5.98. The maximum Gasteiger partial charge on any atom is 0.0661 e. The minimum Gasteiger partial charge on any atom is -0.241 e. The minimum absolute atomic E-state index is 0.690. The van der Waals surface area contributed by atoms with Gasteiger partial charge in [-0.3, -0.25) is 0 Å². The average molecular weight is 272 g/mol. The lowest BCUT2D eigenvalue weighted by Gasteiger charge is -2.02. The Balaban J connectivity index is 2.47. The Morgan fingerprint density at radius 2 is 2.21 bits per heavy atom. The second-order valence-corrected chi connectivity index (χ2v) is 4.32. The summed E-state index contributed by atoms with van der Waals surface area (Å²) < 4.78 is 2.69. The normalized spacial score (nSPS) is 10.5. The summed E-state index contributed by atoms with van der Waals surface area (Å²) in [4.78, 5) is 0. The second kappa shape index (κ2) is 3.75. The number of hydrogen-bond donors (Lipinski definition) is 0. The van der Waals surface area contributed by atoms with Crippen molar-refractivity contribution < 1.29 is 0 Å². The summed E-state index contributed by atoms with van der Waals surface area (Å²) in [5.41, 5.74) is 2.09. The molecule has 4 heteroatoms. The van der Waals surface area contributed by atoms with Crippen LogP contribution >= 0.6 is 27.5 Å². The third-order valence-corrected chi connectivity index (χ3v) is 3.11. The van der Waals surface area contributed by atoms with Gasteiger partial charge in [-0.15, -0.1) is 0 Å². The predicted octanol–water partition coefficient (Wildman–Crippen LogP) is 3.60. The molecule has 0 bridgehead atoms. The molecule has 2 nitrogen and oxygen atoms in total. The van der Waals surface area contributed by atoms with Gasteiger partial charge in [-0.2, -0.15) is 5.10 Å². The standard InChI is InChI=1S/C10H8BrClN2/c1-7-5-13-14(6-7)8-2-3-9(11)10(12)4-8/h2-6H,1H3. The molecule has 0 N–H and O–H groups in total. The van der Waals surface area contributed by atoms with Crippen LogP contribution in [0.2, 0.25) is 5.02 Å². The largest absolute Gasteiger partial charge is 0.241 e. The Kier molecular flexibility index (Phi) is 2.61. The van der Waals surface area contributed by atoms with Crippen LogP contribution in [0.15, 0.2) is 35.1 Å². The Morgan fingerprint density at radius 3 is 2.79 bits per heavy atom. The molecule has 1 heterocycles. The zero-order valence-electron chi connectivity index (χ0n) is 7.54. The van der Waals surface area contributed by atoms with E-state index >= 15 is 0 Å². The summed E-state index contributed by atoms with van der Waals surface area (Å²) in [6.07, 6.45) is 3.77. The smallest absolute Gasteiger partial charge is 0.0661 e. The fourth-order valence-electron chi connectivity index (χ4n) is 1.18. The molecule has 0 unspecified atom stereocenters. The van der Waals surface area contributed by atoms with Crippen LogP contribution in [0.1, 0.15) is 5.56 Å². The van der Waals surface area contributed by atoms with Crippen molar-refractivity contribution >= 4 is 27.5 Å². The van der Waals surface area contributed by atoms with E-state index in [9.17, 15) is 0 Å². The lowest BCUT2D eigenvalue weighted by Crippen LogP contribution is -1.93. The number of aryl methyl sites for hydroxylation is 1. The van der Waals surface area contributed by atoms with E-state index in [2.05, 4.69) is 21.0 Å². The Bertz CT molecular complexity index is 465. The molecule has 14 heavy (non-hydrogen) atoms. The van der Waals surface area contributed by atoms with Gasteiger partial charge in [-0.25, -0.2) is 4.68 Å². The van der Waals surface area contributed by atoms with Gasteiger partial charge >= 0.3 is 0 Å². The molecular weight excluding hydrogens is 263 g/mol. The van der Waals surface area contributed by atoms with Crippen LogP contribution in [0.3, 0.4) is 0 Å².